The summed E-state index contributed by atoms with van der Waals surface area (Å²) >= 11 is 12.1. The molecule has 1 fully saturated rings. The van der Waals surface area contributed by atoms with E-state index >= 15 is 0 Å². The van der Waals surface area contributed by atoms with Crippen molar-refractivity contribution < 1.29 is 19.2 Å². The summed E-state index contributed by atoms with van der Waals surface area (Å²) in [6.45, 7) is 4.89. The Labute approximate surface area is 197 Å². The molecule has 7 heteroatoms. The minimum Gasteiger partial charge on any atom is -0.487 e. The van der Waals surface area contributed by atoms with Gasteiger partial charge in [-0.25, -0.2) is 0 Å². The largest absolute Gasteiger partial charge is 0.487 e. The van der Waals surface area contributed by atoms with Crippen LogP contribution in [0.1, 0.15) is 21.5 Å². The summed E-state index contributed by atoms with van der Waals surface area (Å²) in [5.74, 6) is 0.381. The van der Waals surface area contributed by atoms with Gasteiger partial charge in [-0.2, -0.15) is 0 Å². The molecule has 1 aliphatic rings. The topological polar surface area (TPSA) is 52.0 Å². The first-order chi connectivity index (χ1) is 15.6. The van der Waals surface area contributed by atoms with Crippen LogP contribution in [0, 0.1) is 0 Å². The van der Waals surface area contributed by atoms with E-state index in [1.165, 1.54) is 10.5 Å². The molecule has 0 bridgehead atoms. The molecule has 3 aromatic carbocycles. The first-order valence-corrected chi connectivity index (χ1v) is 11.3. The second kappa shape index (κ2) is 10.8. The lowest BCUT2D eigenvalue weighted by Gasteiger charge is -2.23. The van der Waals surface area contributed by atoms with Crippen LogP contribution in [-0.2, 0) is 17.9 Å². The summed E-state index contributed by atoms with van der Waals surface area (Å²) in [7, 11) is 0. The Morgan fingerprint density at radius 3 is 2.53 bits per heavy atom. The molecule has 1 saturated heterocycles. The highest BCUT2D eigenvalue weighted by molar-refractivity contribution is 6.34. The molecule has 1 amide bonds. The Morgan fingerprint density at radius 2 is 1.75 bits per heavy atom. The summed E-state index contributed by atoms with van der Waals surface area (Å²) in [6.07, 6.45) is 0. The molecule has 0 atom stereocenters. The van der Waals surface area contributed by atoms with E-state index in [1.54, 1.807) is 30.3 Å². The third-order valence-corrected chi connectivity index (χ3v) is 5.89. The van der Waals surface area contributed by atoms with Crippen LogP contribution in [-0.4, -0.2) is 32.2 Å². The summed E-state index contributed by atoms with van der Waals surface area (Å²) < 4.78 is 11.2. The molecule has 0 spiro atoms. The molecular formula is C25H25Cl2N2O3+. The zero-order valence-electron chi connectivity index (χ0n) is 17.6. The number of hydrogen-bond donors (Lipinski definition) is 2. The highest BCUT2D eigenvalue weighted by Crippen LogP contribution is 2.28. The molecule has 166 valence electrons. The maximum Gasteiger partial charge on any atom is 0.255 e. The van der Waals surface area contributed by atoms with Gasteiger partial charge in [-0.3, -0.25) is 4.79 Å². The molecule has 1 aliphatic heterocycles. The standard InChI is InChI=1S/C25H24Cl2N2O3/c26-21-8-9-23(27)24(15-21)32-17-18-4-6-20(7-5-18)25(30)28-22-3-1-2-19(14-22)16-29-10-12-31-13-11-29/h1-9,14-15H,10-13,16-17H2,(H,28,30)/p+1. The van der Waals surface area contributed by atoms with Gasteiger partial charge in [0, 0.05) is 27.9 Å². The number of hydrogen-bond acceptors (Lipinski definition) is 3. The number of morpholine rings is 1. The molecule has 4 rings (SSSR count). The molecule has 0 radical (unpaired) electrons. The smallest absolute Gasteiger partial charge is 0.255 e. The molecule has 5 nitrogen and oxygen atoms in total. The molecule has 32 heavy (non-hydrogen) atoms. The van der Waals surface area contributed by atoms with Crippen molar-refractivity contribution >= 4 is 34.8 Å². The molecule has 0 aromatic heterocycles. The number of benzene rings is 3. The van der Waals surface area contributed by atoms with Crippen LogP contribution in [0.2, 0.25) is 10.0 Å². The van der Waals surface area contributed by atoms with Gasteiger partial charge in [0.1, 0.15) is 32.0 Å². The van der Waals surface area contributed by atoms with Crippen molar-refractivity contribution in [1.82, 2.24) is 0 Å². The number of nitrogens with one attached hydrogen (secondary N) is 2. The monoisotopic (exact) mass is 471 g/mol. The van der Waals surface area contributed by atoms with E-state index in [9.17, 15) is 4.79 Å². The number of ether oxygens (including phenoxy) is 2. The first-order valence-electron chi connectivity index (χ1n) is 10.6. The van der Waals surface area contributed by atoms with E-state index in [4.69, 9.17) is 32.7 Å². The van der Waals surface area contributed by atoms with Crippen molar-refractivity contribution in [3.8, 4) is 5.75 Å². The molecule has 0 unspecified atom stereocenters. The maximum absolute atomic E-state index is 12.7. The third kappa shape index (κ3) is 6.24. The normalized spacial score (nSPS) is 14.2. The Bertz CT molecular complexity index is 1070. The minimum atomic E-state index is -0.147. The van der Waals surface area contributed by atoms with Gasteiger partial charge in [0.25, 0.3) is 5.91 Å². The molecule has 0 aliphatic carbocycles. The summed E-state index contributed by atoms with van der Waals surface area (Å²) in [6, 6.07) is 20.4. The summed E-state index contributed by atoms with van der Waals surface area (Å²) in [5.41, 5.74) is 3.50. The second-order valence-corrected chi connectivity index (χ2v) is 8.60. The van der Waals surface area contributed by atoms with Crippen LogP contribution < -0.4 is 15.0 Å². The lowest BCUT2D eigenvalue weighted by atomic mass is 10.1. The maximum atomic E-state index is 12.7. The van der Waals surface area contributed by atoms with Crippen LogP contribution in [0.4, 0.5) is 5.69 Å². The van der Waals surface area contributed by atoms with Crippen molar-refractivity contribution in [1.29, 1.82) is 0 Å². The zero-order valence-corrected chi connectivity index (χ0v) is 19.1. The van der Waals surface area contributed by atoms with Gasteiger partial charge in [0.05, 0.1) is 18.2 Å². The van der Waals surface area contributed by atoms with E-state index < -0.39 is 0 Å². The van der Waals surface area contributed by atoms with E-state index in [0.717, 1.165) is 44.1 Å². The van der Waals surface area contributed by atoms with E-state index in [1.807, 2.05) is 30.3 Å². The predicted octanol–water partition coefficient (Wildman–Crippen LogP) is 4.24. The molecule has 3 aromatic rings. The lowest BCUT2D eigenvalue weighted by molar-refractivity contribution is -0.921. The SMILES string of the molecule is O=C(Nc1cccc(C[NH+]2CCOCC2)c1)c1ccc(COc2cc(Cl)ccc2Cl)cc1. The number of carbonyl (C=O) groups is 1. The summed E-state index contributed by atoms with van der Waals surface area (Å²) in [4.78, 5) is 14.2. The Balaban J connectivity index is 1.33. The molecule has 2 N–H and O–H groups in total. The van der Waals surface area contributed by atoms with Crippen molar-refractivity contribution in [3.05, 3.63) is 93.5 Å². The highest BCUT2D eigenvalue weighted by atomic mass is 35.5. The van der Waals surface area contributed by atoms with Crippen molar-refractivity contribution in [2.75, 3.05) is 31.6 Å². The Morgan fingerprint density at radius 1 is 0.969 bits per heavy atom. The number of carbonyl (C=O) groups excluding carboxylic acids is 1. The first kappa shape index (κ1) is 22.6. The summed E-state index contributed by atoms with van der Waals surface area (Å²) in [5, 5.41) is 4.06. The van der Waals surface area contributed by atoms with Crippen LogP contribution in [0.3, 0.4) is 0 Å². The quantitative estimate of drug-likeness (QED) is 0.541. The third-order valence-electron chi connectivity index (χ3n) is 5.34. The fourth-order valence-electron chi connectivity index (χ4n) is 3.59. The van der Waals surface area contributed by atoms with Gasteiger partial charge >= 0.3 is 0 Å². The fourth-order valence-corrected chi connectivity index (χ4v) is 3.92. The van der Waals surface area contributed by atoms with Gasteiger partial charge in [-0.15, -0.1) is 0 Å². The lowest BCUT2D eigenvalue weighted by Crippen LogP contribution is -3.12. The average Bonchev–Trinajstić information content (AvgIpc) is 2.81. The van der Waals surface area contributed by atoms with Gasteiger partial charge in [0.2, 0.25) is 0 Å². The van der Waals surface area contributed by atoms with Crippen LogP contribution in [0.25, 0.3) is 0 Å². The van der Waals surface area contributed by atoms with Gasteiger partial charge in [-0.05, 0) is 42.0 Å². The Kier molecular flexibility index (Phi) is 7.66. The molecule has 1 heterocycles. The van der Waals surface area contributed by atoms with Crippen LogP contribution in [0.5, 0.6) is 5.75 Å². The number of rotatable bonds is 7. The van der Waals surface area contributed by atoms with Gasteiger partial charge in [-0.1, -0.05) is 47.5 Å². The molecule has 0 saturated carbocycles. The van der Waals surface area contributed by atoms with Crippen molar-refractivity contribution in [2.24, 2.45) is 0 Å². The van der Waals surface area contributed by atoms with Crippen LogP contribution in [0.15, 0.2) is 66.7 Å². The van der Waals surface area contributed by atoms with E-state index in [-0.39, 0.29) is 5.91 Å². The predicted molar refractivity (Wildman–Crippen MR) is 127 cm³/mol. The van der Waals surface area contributed by atoms with Crippen molar-refractivity contribution in [3.63, 3.8) is 0 Å². The van der Waals surface area contributed by atoms with E-state index in [2.05, 4.69) is 11.4 Å². The van der Waals surface area contributed by atoms with Crippen molar-refractivity contribution in [2.45, 2.75) is 13.2 Å². The second-order valence-electron chi connectivity index (χ2n) is 7.75. The number of amides is 1. The minimum absolute atomic E-state index is 0.147. The van der Waals surface area contributed by atoms with Gasteiger partial charge in [0.15, 0.2) is 0 Å². The average molecular weight is 472 g/mol. The number of quaternary nitrogens is 1. The van der Waals surface area contributed by atoms with E-state index in [0.29, 0.717) is 28.0 Å². The zero-order chi connectivity index (χ0) is 22.3. The number of anilines is 1. The Hall–Kier alpha value is -2.57. The van der Waals surface area contributed by atoms with Gasteiger partial charge < -0.3 is 19.7 Å². The fraction of sp³-hybridized carbons (Fsp3) is 0.240. The number of halogens is 2. The molecular weight excluding hydrogens is 447 g/mol. The van der Waals surface area contributed by atoms with Crippen LogP contribution >= 0.6 is 23.2 Å². The highest BCUT2D eigenvalue weighted by Gasteiger charge is 2.15.